The molecule has 1 amide bonds. The predicted molar refractivity (Wildman–Crippen MR) is 101 cm³/mol. The summed E-state index contributed by atoms with van der Waals surface area (Å²) >= 11 is 1.47. The number of carbonyl (C=O) groups is 1. The minimum Gasteiger partial charge on any atom is -0.493 e. The number of anilines is 1. The molecule has 0 spiro atoms. The zero-order chi connectivity index (χ0) is 17.6. The number of aromatic nitrogens is 1. The summed E-state index contributed by atoms with van der Waals surface area (Å²) in [6.45, 7) is 7.84. The van der Waals surface area contributed by atoms with Gasteiger partial charge in [0, 0.05) is 18.5 Å². The molecule has 2 aromatic rings. The van der Waals surface area contributed by atoms with E-state index in [0.717, 1.165) is 31.2 Å². The molecule has 2 heterocycles. The molecule has 25 heavy (non-hydrogen) atoms. The Bertz CT molecular complexity index is 716. The molecular formula is C19H25N3O2S. The number of thiazole rings is 1. The van der Waals surface area contributed by atoms with Crippen LogP contribution in [0.3, 0.4) is 0 Å². The van der Waals surface area contributed by atoms with Gasteiger partial charge in [-0.25, -0.2) is 4.98 Å². The van der Waals surface area contributed by atoms with Crippen LogP contribution in [0.4, 0.5) is 5.13 Å². The number of nitrogens with one attached hydrogen (secondary N) is 1. The lowest BCUT2D eigenvalue weighted by molar-refractivity contribution is 0.102. The fourth-order valence-electron chi connectivity index (χ4n) is 3.20. The van der Waals surface area contributed by atoms with Crippen LogP contribution in [0.15, 0.2) is 29.6 Å². The monoisotopic (exact) mass is 359 g/mol. The first kappa shape index (κ1) is 17.9. The molecule has 1 aromatic heterocycles. The second kappa shape index (κ2) is 8.45. The summed E-state index contributed by atoms with van der Waals surface area (Å²) in [5.41, 5.74) is 1.55. The van der Waals surface area contributed by atoms with Crippen LogP contribution in [-0.4, -0.2) is 35.5 Å². The standard InChI is InChI=1S/C19H25N3O2S/c1-3-24-17-9-5-4-8-16(17)18(23)21-19-20-15(13-25-19)12-22-10-6-7-14(2)11-22/h4-5,8-9,13-14H,3,6-7,10-12H2,1-2H3,(H,20,21,23). The average Bonchev–Trinajstić information content (AvgIpc) is 3.02. The van der Waals surface area contributed by atoms with Crippen LogP contribution < -0.4 is 10.1 Å². The number of carbonyl (C=O) groups excluding carboxylic acids is 1. The fraction of sp³-hybridized carbons (Fsp3) is 0.474. The lowest BCUT2D eigenvalue weighted by Crippen LogP contribution is -2.33. The molecule has 1 fully saturated rings. The van der Waals surface area contributed by atoms with Gasteiger partial charge in [0.25, 0.3) is 5.91 Å². The van der Waals surface area contributed by atoms with E-state index in [1.165, 1.54) is 24.2 Å². The van der Waals surface area contributed by atoms with Crippen molar-refractivity contribution in [3.8, 4) is 5.75 Å². The van der Waals surface area contributed by atoms with E-state index < -0.39 is 0 Å². The first-order valence-electron chi connectivity index (χ1n) is 8.85. The number of para-hydroxylation sites is 1. The molecule has 134 valence electrons. The Morgan fingerprint density at radius 3 is 3.08 bits per heavy atom. The van der Waals surface area contributed by atoms with Gasteiger partial charge < -0.3 is 4.74 Å². The van der Waals surface area contributed by atoms with Crippen molar-refractivity contribution in [2.45, 2.75) is 33.2 Å². The number of amides is 1. The van der Waals surface area contributed by atoms with Crippen LogP contribution in [0, 0.1) is 5.92 Å². The van der Waals surface area contributed by atoms with E-state index >= 15 is 0 Å². The van der Waals surface area contributed by atoms with Crippen molar-refractivity contribution in [2.75, 3.05) is 25.0 Å². The summed E-state index contributed by atoms with van der Waals surface area (Å²) in [5.74, 6) is 1.17. The lowest BCUT2D eigenvalue weighted by atomic mass is 10.0. The quantitative estimate of drug-likeness (QED) is 0.846. The van der Waals surface area contributed by atoms with Crippen molar-refractivity contribution in [1.82, 2.24) is 9.88 Å². The molecule has 0 saturated carbocycles. The van der Waals surface area contributed by atoms with Crippen LogP contribution in [0.2, 0.25) is 0 Å². The molecule has 1 aromatic carbocycles. The van der Waals surface area contributed by atoms with E-state index in [9.17, 15) is 4.79 Å². The Labute approximate surface area is 153 Å². The Balaban J connectivity index is 1.62. The van der Waals surface area contributed by atoms with Gasteiger partial charge in [0.05, 0.1) is 17.9 Å². The van der Waals surface area contributed by atoms with Gasteiger partial charge >= 0.3 is 0 Å². The number of hydrogen-bond acceptors (Lipinski definition) is 5. The third-order valence-corrected chi connectivity index (χ3v) is 5.14. The molecule has 6 heteroatoms. The maximum atomic E-state index is 12.5. The third kappa shape index (κ3) is 4.80. The van der Waals surface area contributed by atoms with E-state index in [0.29, 0.717) is 23.1 Å². The van der Waals surface area contributed by atoms with Crippen LogP contribution >= 0.6 is 11.3 Å². The molecule has 1 N–H and O–H groups in total. The lowest BCUT2D eigenvalue weighted by Gasteiger charge is -2.30. The number of ether oxygens (including phenoxy) is 1. The fourth-order valence-corrected chi connectivity index (χ4v) is 3.89. The smallest absolute Gasteiger partial charge is 0.261 e. The number of likely N-dealkylation sites (tertiary alicyclic amines) is 1. The Hall–Kier alpha value is -1.92. The highest BCUT2D eigenvalue weighted by atomic mass is 32.1. The summed E-state index contributed by atoms with van der Waals surface area (Å²) in [5, 5.41) is 5.56. The van der Waals surface area contributed by atoms with Crippen molar-refractivity contribution in [2.24, 2.45) is 5.92 Å². The van der Waals surface area contributed by atoms with E-state index in [4.69, 9.17) is 4.74 Å². The highest BCUT2D eigenvalue weighted by Gasteiger charge is 2.18. The van der Waals surface area contributed by atoms with Crippen LogP contribution in [0.25, 0.3) is 0 Å². The zero-order valence-electron chi connectivity index (χ0n) is 14.8. The molecule has 1 aliphatic heterocycles. The maximum absolute atomic E-state index is 12.5. The minimum atomic E-state index is -0.184. The van der Waals surface area contributed by atoms with Gasteiger partial charge in [0.2, 0.25) is 0 Å². The van der Waals surface area contributed by atoms with Gasteiger partial charge in [-0.2, -0.15) is 0 Å². The topological polar surface area (TPSA) is 54.5 Å². The molecule has 0 radical (unpaired) electrons. The molecule has 1 unspecified atom stereocenters. The summed E-state index contributed by atoms with van der Waals surface area (Å²) < 4.78 is 5.53. The van der Waals surface area contributed by atoms with Gasteiger partial charge in [-0.05, 0) is 44.4 Å². The van der Waals surface area contributed by atoms with Gasteiger partial charge in [-0.15, -0.1) is 11.3 Å². The number of piperidine rings is 1. The predicted octanol–water partition coefficient (Wildman–Crippen LogP) is 4.03. The minimum absolute atomic E-state index is 0.184. The molecule has 0 aliphatic carbocycles. The van der Waals surface area contributed by atoms with Crippen LogP contribution in [0.1, 0.15) is 42.7 Å². The second-order valence-corrected chi connectivity index (χ2v) is 7.37. The number of rotatable bonds is 6. The summed E-state index contributed by atoms with van der Waals surface area (Å²) in [4.78, 5) is 19.5. The number of hydrogen-bond donors (Lipinski definition) is 1. The number of benzene rings is 1. The first-order chi connectivity index (χ1) is 12.2. The van der Waals surface area contributed by atoms with Crippen molar-refractivity contribution in [3.63, 3.8) is 0 Å². The Morgan fingerprint density at radius 1 is 1.44 bits per heavy atom. The Kier molecular flexibility index (Phi) is 6.04. The van der Waals surface area contributed by atoms with E-state index in [1.807, 2.05) is 30.5 Å². The van der Waals surface area contributed by atoms with Crippen LogP contribution in [0.5, 0.6) is 5.75 Å². The van der Waals surface area contributed by atoms with Gasteiger partial charge in [0.1, 0.15) is 5.75 Å². The SMILES string of the molecule is CCOc1ccccc1C(=O)Nc1nc(CN2CCCC(C)C2)cs1. The second-order valence-electron chi connectivity index (χ2n) is 6.51. The summed E-state index contributed by atoms with van der Waals surface area (Å²) in [6.07, 6.45) is 2.57. The van der Waals surface area contributed by atoms with Crippen molar-refractivity contribution in [3.05, 3.63) is 40.9 Å². The third-order valence-electron chi connectivity index (χ3n) is 4.33. The largest absolute Gasteiger partial charge is 0.493 e. The normalized spacial score (nSPS) is 18.1. The van der Waals surface area contributed by atoms with Crippen molar-refractivity contribution in [1.29, 1.82) is 0 Å². The highest BCUT2D eigenvalue weighted by molar-refractivity contribution is 7.14. The van der Waals surface area contributed by atoms with E-state index in [-0.39, 0.29) is 5.91 Å². The molecule has 1 saturated heterocycles. The highest BCUT2D eigenvalue weighted by Crippen LogP contribution is 2.23. The zero-order valence-corrected chi connectivity index (χ0v) is 15.6. The maximum Gasteiger partial charge on any atom is 0.261 e. The van der Waals surface area contributed by atoms with Crippen molar-refractivity contribution < 1.29 is 9.53 Å². The average molecular weight is 359 g/mol. The molecule has 3 rings (SSSR count). The van der Waals surface area contributed by atoms with Gasteiger partial charge in [-0.3, -0.25) is 15.0 Å². The molecule has 0 bridgehead atoms. The van der Waals surface area contributed by atoms with E-state index in [1.54, 1.807) is 6.07 Å². The number of nitrogens with zero attached hydrogens (tertiary/aromatic N) is 2. The summed E-state index contributed by atoms with van der Waals surface area (Å²) in [6, 6.07) is 7.28. The first-order valence-corrected chi connectivity index (χ1v) is 9.73. The van der Waals surface area contributed by atoms with Crippen molar-refractivity contribution >= 4 is 22.4 Å². The van der Waals surface area contributed by atoms with Crippen LogP contribution in [-0.2, 0) is 6.54 Å². The van der Waals surface area contributed by atoms with Gasteiger partial charge in [-0.1, -0.05) is 19.1 Å². The molecule has 5 nitrogen and oxygen atoms in total. The van der Waals surface area contributed by atoms with Gasteiger partial charge in [0.15, 0.2) is 5.13 Å². The Morgan fingerprint density at radius 2 is 2.28 bits per heavy atom. The van der Waals surface area contributed by atoms with E-state index in [2.05, 4.69) is 22.1 Å². The summed E-state index contributed by atoms with van der Waals surface area (Å²) in [7, 11) is 0. The molecule has 1 atom stereocenters. The molecule has 1 aliphatic rings. The molecular weight excluding hydrogens is 334 g/mol.